The van der Waals surface area contributed by atoms with E-state index in [2.05, 4.69) is 27.7 Å². The largest absolute Gasteiger partial charge is 0.412 e. The van der Waals surface area contributed by atoms with Gasteiger partial charge < -0.3 is 24.4 Å². The molecule has 21 heavy (non-hydrogen) atoms. The maximum absolute atomic E-state index is 5.20. The SMILES string of the molecule is CCCOCCOCCC.CCCOCCOCCC.O. The molecule has 2 N–H and O–H groups in total. The van der Waals surface area contributed by atoms with Gasteiger partial charge in [-0.1, -0.05) is 27.7 Å². The van der Waals surface area contributed by atoms with E-state index in [0.717, 1.165) is 78.5 Å². The quantitative estimate of drug-likeness (QED) is 0.463. The highest BCUT2D eigenvalue weighted by atomic mass is 16.5. The van der Waals surface area contributed by atoms with Crippen LogP contribution in [0.2, 0.25) is 0 Å². The molecular weight excluding hydrogens is 272 g/mol. The van der Waals surface area contributed by atoms with Gasteiger partial charge in [0.15, 0.2) is 0 Å². The second-order valence-corrected chi connectivity index (χ2v) is 4.45. The summed E-state index contributed by atoms with van der Waals surface area (Å²) in [5.41, 5.74) is 0. The van der Waals surface area contributed by atoms with E-state index in [9.17, 15) is 0 Å². The summed E-state index contributed by atoms with van der Waals surface area (Å²) in [5, 5.41) is 0. The zero-order valence-corrected chi connectivity index (χ0v) is 14.6. The topological polar surface area (TPSA) is 68.4 Å². The highest BCUT2D eigenvalue weighted by Gasteiger charge is 1.86. The molecule has 0 aromatic rings. The lowest BCUT2D eigenvalue weighted by Crippen LogP contribution is -2.04. The van der Waals surface area contributed by atoms with Crippen molar-refractivity contribution < 1.29 is 24.4 Å². The van der Waals surface area contributed by atoms with Crippen molar-refractivity contribution in [2.45, 2.75) is 53.4 Å². The maximum atomic E-state index is 5.20. The minimum absolute atomic E-state index is 0. The molecular formula is C16H38O5. The van der Waals surface area contributed by atoms with Gasteiger partial charge in [0, 0.05) is 26.4 Å². The summed E-state index contributed by atoms with van der Waals surface area (Å²) in [5.74, 6) is 0. The fourth-order valence-electron chi connectivity index (χ4n) is 1.22. The van der Waals surface area contributed by atoms with Gasteiger partial charge in [-0.3, -0.25) is 0 Å². The van der Waals surface area contributed by atoms with Gasteiger partial charge in [-0.2, -0.15) is 0 Å². The van der Waals surface area contributed by atoms with E-state index in [0.29, 0.717) is 0 Å². The van der Waals surface area contributed by atoms with E-state index < -0.39 is 0 Å². The van der Waals surface area contributed by atoms with Crippen LogP contribution in [0.3, 0.4) is 0 Å². The van der Waals surface area contributed by atoms with E-state index in [1.165, 1.54) is 0 Å². The summed E-state index contributed by atoms with van der Waals surface area (Å²) in [6.45, 7) is 14.8. The predicted molar refractivity (Wildman–Crippen MR) is 88.1 cm³/mol. The lowest BCUT2D eigenvalue weighted by Gasteiger charge is -2.02. The van der Waals surface area contributed by atoms with Crippen molar-refractivity contribution in [3.8, 4) is 0 Å². The molecule has 0 atom stereocenters. The average molecular weight is 310 g/mol. The molecule has 0 radical (unpaired) electrons. The Labute approximate surface area is 131 Å². The van der Waals surface area contributed by atoms with Crippen LogP contribution >= 0.6 is 0 Å². The van der Waals surface area contributed by atoms with Crippen LogP contribution in [-0.2, 0) is 18.9 Å². The molecule has 5 nitrogen and oxygen atoms in total. The molecule has 0 aliphatic heterocycles. The number of hydrogen-bond donors (Lipinski definition) is 0. The minimum Gasteiger partial charge on any atom is -0.412 e. The van der Waals surface area contributed by atoms with Gasteiger partial charge in [0.25, 0.3) is 0 Å². The Kier molecular flexibility index (Phi) is 34.4. The summed E-state index contributed by atoms with van der Waals surface area (Å²) in [6, 6.07) is 0. The highest BCUT2D eigenvalue weighted by molar-refractivity contribution is 4.31. The molecule has 0 aromatic carbocycles. The minimum atomic E-state index is 0. The van der Waals surface area contributed by atoms with Crippen LogP contribution in [0, 0.1) is 0 Å². The van der Waals surface area contributed by atoms with Crippen LogP contribution in [0.15, 0.2) is 0 Å². The molecule has 0 bridgehead atoms. The first-order valence-corrected chi connectivity index (χ1v) is 8.14. The molecule has 0 aliphatic rings. The Morgan fingerprint density at radius 1 is 0.381 bits per heavy atom. The molecule has 0 saturated carbocycles. The molecule has 0 spiro atoms. The zero-order chi connectivity index (χ0) is 15.3. The van der Waals surface area contributed by atoms with Crippen molar-refractivity contribution in [2.75, 3.05) is 52.9 Å². The molecule has 0 amide bonds. The molecule has 132 valence electrons. The smallest absolute Gasteiger partial charge is 0.0700 e. The Morgan fingerprint density at radius 3 is 0.714 bits per heavy atom. The van der Waals surface area contributed by atoms with Crippen LogP contribution in [0.1, 0.15) is 53.4 Å². The van der Waals surface area contributed by atoms with E-state index >= 15 is 0 Å². The summed E-state index contributed by atoms with van der Waals surface area (Å²) in [6.07, 6.45) is 4.36. The van der Waals surface area contributed by atoms with Crippen molar-refractivity contribution in [2.24, 2.45) is 0 Å². The number of hydrogen-bond acceptors (Lipinski definition) is 4. The van der Waals surface area contributed by atoms with Gasteiger partial charge in [0.2, 0.25) is 0 Å². The molecule has 0 heterocycles. The Balaban J connectivity index is -0.000000295. The van der Waals surface area contributed by atoms with E-state index in [-0.39, 0.29) is 5.48 Å². The lowest BCUT2D eigenvalue weighted by atomic mass is 10.5. The van der Waals surface area contributed by atoms with Gasteiger partial charge >= 0.3 is 0 Å². The van der Waals surface area contributed by atoms with Crippen molar-refractivity contribution in [3.05, 3.63) is 0 Å². The summed E-state index contributed by atoms with van der Waals surface area (Å²) >= 11 is 0. The van der Waals surface area contributed by atoms with Crippen molar-refractivity contribution in [3.63, 3.8) is 0 Å². The van der Waals surface area contributed by atoms with Gasteiger partial charge in [-0.25, -0.2) is 0 Å². The fraction of sp³-hybridized carbons (Fsp3) is 1.00. The first-order chi connectivity index (χ1) is 9.83. The van der Waals surface area contributed by atoms with Crippen molar-refractivity contribution >= 4 is 0 Å². The third kappa shape index (κ3) is 32.9. The Bertz CT molecular complexity index is 113. The first-order valence-electron chi connectivity index (χ1n) is 8.14. The molecule has 0 fully saturated rings. The van der Waals surface area contributed by atoms with Gasteiger partial charge in [-0.15, -0.1) is 0 Å². The average Bonchev–Trinajstić information content (AvgIpc) is 2.47. The normalized spacial score (nSPS) is 9.71. The molecule has 0 saturated heterocycles. The third-order valence-electron chi connectivity index (χ3n) is 2.14. The van der Waals surface area contributed by atoms with Gasteiger partial charge in [0.05, 0.1) is 26.4 Å². The van der Waals surface area contributed by atoms with Crippen LogP contribution in [0.25, 0.3) is 0 Å². The molecule has 0 rings (SSSR count). The first kappa shape index (κ1) is 25.7. The lowest BCUT2D eigenvalue weighted by molar-refractivity contribution is 0.0483. The van der Waals surface area contributed by atoms with Crippen LogP contribution < -0.4 is 0 Å². The third-order valence-corrected chi connectivity index (χ3v) is 2.14. The highest BCUT2D eigenvalue weighted by Crippen LogP contribution is 1.84. The van der Waals surface area contributed by atoms with Crippen molar-refractivity contribution in [1.29, 1.82) is 0 Å². The van der Waals surface area contributed by atoms with E-state index in [4.69, 9.17) is 18.9 Å². The second kappa shape index (κ2) is 28.0. The fourth-order valence-corrected chi connectivity index (χ4v) is 1.22. The van der Waals surface area contributed by atoms with Crippen molar-refractivity contribution in [1.82, 2.24) is 0 Å². The van der Waals surface area contributed by atoms with Gasteiger partial charge in [0.1, 0.15) is 0 Å². The second-order valence-electron chi connectivity index (χ2n) is 4.45. The zero-order valence-electron chi connectivity index (χ0n) is 14.6. The molecule has 5 heteroatoms. The van der Waals surface area contributed by atoms with Crippen LogP contribution in [-0.4, -0.2) is 58.3 Å². The molecule has 0 unspecified atom stereocenters. The summed E-state index contributed by atoms with van der Waals surface area (Å²) < 4.78 is 20.8. The molecule has 0 aromatic heterocycles. The monoisotopic (exact) mass is 310 g/mol. The Hall–Kier alpha value is -0.200. The summed E-state index contributed by atoms with van der Waals surface area (Å²) in [4.78, 5) is 0. The van der Waals surface area contributed by atoms with Crippen LogP contribution in [0.5, 0.6) is 0 Å². The van der Waals surface area contributed by atoms with Crippen LogP contribution in [0.4, 0.5) is 0 Å². The van der Waals surface area contributed by atoms with Gasteiger partial charge in [-0.05, 0) is 25.7 Å². The van der Waals surface area contributed by atoms with E-state index in [1.807, 2.05) is 0 Å². The van der Waals surface area contributed by atoms with E-state index in [1.54, 1.807) is 0 Å². The summed E-state index contributed by atoms with van der Waals surface area (Å²) in [7, 11) is 0. The number of rotatable bonds is 14. The standard InChI is InChI=1S/2C8H18O2.H2O/c2*1-3-5-9-7-8-10-6-4-2;/h2*3-8H2,1-2H3;1H2. The maximum Gasteiger partial charge on any atom is 0.0700 e. The number of ether oxygens (including phenoxy) is 4. The Morgan fingerprint density at radius 2 is 0.571 bits per heavy atom. The predicted octanol–water partition coefficient (Wildman–Crippen LogP) is 2.85. The molecule has 0 aliphatic carbocycles.